The largest absolute Gasteiger partial charge is 0.381 e. The summed E-state index contributed by atoms with van der Waals surface area (Å²) < 4.78 is 18.4. The maximum absolute atomic E-state index is 13.2. The minimum absolute atomic E-state index is 0.0745. The van der Waals surface area contributed by atoms with Crippen LogP contribution in [-0.2, 0) is 4.74 Å². The van der Waals surface area contributed by atoms with Gasteiger partial charge in [0.15, 0.2) is 0 Å². The van der Waals surface area contributed by atoms with Crippen molar-refractivity contribution in [2.75, 3.05) is 19.5 Å². The van der Waals surface area contributed by atoms with E-state index in [0.29, 0.717) is 5.82 Å². The lowest BCUT2D eigenvalue weighted by molar-refractivity contribution is 0.0915. The van der Waals surface area contributed by atoms with Crippen LogP contribution in [0.2, 0.25) is 0 Å². The minimum Gasteiger partial charge on any atom is -0.381 e. The van der Waals surface area contributed by atoms with Crippen molar-refractivity contribution < 1.29 is 13.9 Å². The molecule has 0 aliphatic heterocycles. The minimum atomic E-state index is -0.523. The summed E-state index contributed by atoms with van der Waals surface area (Å²) in [5, 5.41) is 5.68. The van der Waals surface area contributed by atoms with Crippen molar-refractivity contribution in [1.29, 1.82) is 0 Å². The van der Waals surface area contributed by atoms with Crippen LogP contribution >= 0.6 is 0 Å². The second-order valence-electron chi connectivity index (χ2n) is 4.64. The van der Waals surface area contributed by atoms with Gasteiger partial charge in [0.1, 0.15) is 11.6 Å². The van der Waals surface area contributed by atoms with Crippen LogP contribution < -0.4 is 10.6 Å². The van der Waals surface area contributed by atoms with E-state index in [4.69, 9.17) is 4.74 Å². The van der Waals surface area contributed by atoms with Crippen LogP contribution in [0.1, 0.15) is 29.6 Å². The summed E-state index contributed by atoms with van der Waals surface area (Å²) in [6.07, 6.45) is 3.88. The van der Waals surface area contributed by atoms with E-state index in [1.54, 1.807) is 14.2 Å². The molecule has 1 saturated carbocycles. The van der Waals surface area contributed by atoms with Crippen LogP contribution in [0.15, 0.2) is 12.3 Å². The summed E-state index contributed by atoms with van der Waals surface area (Å²) in [5.74, 6) is -0.455. The molecule has 1 amide bonds. The Morgan fingerprint density at radius 1 is 1.53 bits per heavy atom. The van der Waals surface area contributed by atoms with Gasteiger partial charge in [0.05, 0.1) is 17.9 Å². The van der Waals surface area contributed by atoms with Gasteiger partial charge in [-0.05, 0) is 25.3 Å². The Morgan fingerprint density at radius 2 is 2.32 bits per heavy atom. The van der Waals surface area contributed by atoms with E-state index < -0.39 is 5.82 Å². The highest BCUT2D eigenvalue weighted by atomic mass is 19.1. The first-order valence-electron chi connectivity index (χ1n) is 6.31. The van der Waals surface area contributed by atoms with Crippen molar-refractivity contribution in [2.24, 2.45) is 0 Å². The molecule has 1 aromatic rings. The third-order valence-corrected chi connectivity index (χ3v) is 3.39. The number of pyridine rings is 1. The number of carbonyl (C=O) groups is 1. The molecule has 0 saturated heterocycles. The molecule has 2 rings (SSSR count). The highest BCUT2D eigenvalue weighted by Gasteiger charge is 2.26. The molecular weight excluding hydrogens is 249 g/mol. The number of nitrogens with one attached hydrogen (secondary N) is 2. The molecule has 2 unspecified atom stereocenters. The van der Waals surface area contributed by atoms with Gasteiger partial charge in [0.25, 0.3) is 5.91 Å². The van der Waals surface area contributed by atoms with Gasteiger partial charge in [0, 0.05) is 20.2 Å². The molecule has 1 aliphatic rings. The number of hydrogen-bond acceptors (Lipinski definition) is 4. The van der Waals surface area contributed by atoms with Crippen molar-refractivity contribution in [3.05, 3.63) is 23.6 Å². The van der Waals surface area contributed by atoms with Crippen molar-refractivity contribution >= 4 is 11.7 Å². The zero-order chi connectivity index (χ0) is 13.8. The van der Waals surface area contributed by atoms with Crippen LogP contribution in [0.5, 0.6) is 0 Å². The van der Waals surface area contributed by atoms with Gasteiger partial charge in [0.2, 0.25) is 0 Å². The fourth-order valence-electron chi connectivity index (χ4n) is 2.36. The van der Waals surface area contributed by atoms with Gasteiger partial charge < -0.3 is 15.4 Å². The van der Waals surface area contributed by atoms with E-state index in [1.807, 2.05) is 0 Å². The van der Waals surface area contributed by atoms with E-state index >= 15 is 0 Å². The van der Waals surface area contributed by atoms with Crippen LogP contribution in [0, 0.1) is 5.82 Å². The summed E-state index contributed by atoms with van der Waals surface area (Å²) in [4.78, 5) is 16.0. The Labute approximate surface area is 111 Å². The lowest BCUT2D eigenvalue weighted by Crippen LogP contribution is -2.34. The molecule has 6 heteroatoms. The Morgan fingerprint density at radius 3 is 2.95 bits per heavy atom. The number of methoxy groups -OCH3 is 1. The normalized spacial score (nSPS) is 22.3. The molecule has 5 nitrogen and oxygen atoms in total. The Balaban J connectivity index is 2.06. The molecular formula is C13H18FN3O2. The van der Waals surface area contributed by atoms with E-state index in [2.05, 4.69) is 15.6 Å². The number of halogens is 1. The highest BCUT2D eigenvalue weighted by Crippen LogP contribution is 2.22. The topological polar surface area (TPSA) is 63.2 Å². The molecule has 0 aromatic carbocycles. The van der Waals surface area contributed by atoms with Crippen molar-refractivity contribution in [2.45, 2.75) is 31.4 Å². The third-order valence-electron chi connectivity index (χ3n) is 3.39. The summed E-state index contributed by atoms with van der Waals surface area (Å²) in [6, 6.07) is 1.27. The monoisotopic (exact) mass is 267 g/mol. The number of amides is 1. The molecule has 1 fully saturated rings. The standard InChI is InChI=1S/C13H18FN3O2/c1-15-12-11(5-8(14)7-16-12)13(18)17-9-3-4-10(6-9)19-2/h5,7,9-10H,3-4,6H2,1-2H3,(H,15,16)(H,17,18). The number of hydrogen-bond donors (Lipinski definition) is 2. The maximum Gasteiger partial charge on any atom is 0.255 e. The van der Waals surface area contributed by atoms with Gasteiger partial charge in [-0.15, -0.1) is 0 Å². The summed E-state index contributed by atoms with van der Waals surface area (Å²) >= 11 is 0. The maximum atomic E-state index is 13.2. The third kappa shape index (κ3) is 3.20. The lowest BCUT2D eigenvalue weighted by atomic mass is 10.2. The van der Waals surface area contributed by atoms with E-state index in [0.717, 1.165) is 25.5 Å². The smallest absolute Gasteiger partial charge is 0.255 e. The molecule has 19 heavy (non-hydrogen) atoms. The van der Waals surface area contributed by atoms with E-state index in [9.17, 15) is 9.18 Å². The fraction of sp³-hybridized carbons (Fsp3) is 0.538. The Hall–Kier alpha value is -1.69. The molecule has 0 bridgehead atoms. The zero-order valence-corrected chi connectivity index (χ0v) is 11.1. The van der Waals surface area contributed by atoms with Gasteiger partial charge in [-0.1, -0.05) is 0 Å². The SMILES string of the molecule is CNc1ncc(F)cc1C(=O)NC1CCC(OC)C1. The average Bonchev–Trinajstić information content (AvgIpc) is 2.86. The second kappa shape index (κ2) is 5.97. The van der Waals surface area contributed by atoms with Gasteiger partial charge in [-0.2, -0.15) is 0 Å². The van der Waals surface area contributed by atoms with Crippen molar-refractivity contribution in [1.82, 2.24) is 10.3 Å². The highest BCUT2D eigenvalue weighted by molar-refractivity contribution is 5.98. The first-order valence-corrected chi connectivity index (χ1v) is 6.31. The van der Waals surface area contributed by atoms with Crippen molar-refractivity contribution in [3.8, 4) is 0 Å². The first kappa shape index (κ1) is 13.7. The van der Waals surface area contributed by atoms with Crippen LogP contribution in [0.3, 0.4) is 0 Å². The molecule has 2 atom stereocenters. The number of anilines is 1. The number of carbonyl (C=O) groups excluding carboxylic acids is 1. The summed E-state index contributed by atoms with van der Waals surface area (Å²) in [5.41, 5.74) is 0.225. The van der Waals surface area contributed by atoms with Gasteiger partial charge in [-0.3, -0.25) is 4.79 Å². The average molecular weight is 267 g/mol. The predicted molar refractivity (Wildman–Crippen MR) is 69.6 cm³/mol. The van der Waals surface area contributed by atoms with Crippen LogP contribution in [0.25, 0.3) is 0 Å². The number of rotatable bonds is 4. The van der Waals surface area contributed by atoms with E-state index in [1.165, 1.54) is 6.07 Å². The van der Waals surface area contributed by atoms with Crippen LogP contribution in [0.4, 0.5) is 10.2 Å². The van der Waals surface area contributed by atoms with Crippen LogP contribution in [-0.4, -0.2) is 37.2 Å². The first-order chi connectivity index (χ1) is 9.13. The quantitative estimate of drug-likeness (QED) is 0.869. The number of nitrogens with zero attached hydrogens (tertiary/aromatic N) is 1. The zero-order valence-electron chi connectivity index (χ0n) is 11.1. The number of aromatic nitrogens is 1. The lowest BCUT2D eigenvalue weighted by Gasteiger charge is -2.14. The summed E-state index contributed by atoms with van der Waals surface area (Å²) in [7, 11) is 3.32. The molecule has 1 heterocycles. The molecule has 0 radical (unpaired) electrons. The Bertz CT molecular complexity index is 467. The number of ether oxygens (including phenoxy) is 1. The molecule has 2 N–H and O–H groups in total. The predicted octanol–water partition coefficient (Wildman–Crippen LogP) is 1.56. The van der Waals surface area contributed by atoms with Gasteiger partial charge >= 0.3 is 0 Å². The molecule has 1 aromatic heterocycles. The van der Waals surface area contributed by atoms with E-state index in [-0.39, 0.29) is 23.6 Å². The second-order valence-corrected chi connectivity index (χ2v) is 4.64. The van der Waals surface area contributed by atoms with Crippen molar-refractivity contribution in [3.63, 3.8) is 0 Å². The fourth-order valence-corrected chi connectivity index (χ4v) is 2.36. The molecule has 1 aliphatic carbocycles. The molecule has 0 spiro atoms. The summed E-state index contributed by atoms with van der Waals surface area (Å²) in [6.45, 7) is 0. The molecule has 104 valence electrons. The Kier molecular flexibility index (Phi) is 4.31. The van der Waals surface area contributed by atoms with Gasteiger partial charge in [-0.25, -0.2) is 9.37 Å².